The van der Waals surface area contributed by atoms with Crippen LogP contribution in [0.4, 0.5) is 22.7 Å². The van der Waals surface area contributed by atoms with Crippen LogP contribution in [0.3, 0.4) is 0 Å². The average molecular weight is 527 g/mol. The standard InChI is InChI=1S/C23H38N6O4S2/c1-5-7-19-17-21(9-11-23(19)25)29(15-13-27-35(4,32)33)28(14-12-26-34(3,30)31)20-8-10-22(24)18(6-2)16-20/h8-11,16-17,26-27H,5-7,12-15,24-25H2,1-4H3. The molecule has 6 N–H and O–H groups in total. The molecule has 0 amide bonds. The smallest absolute Gasteiger partial charge is 0.208 e. The van der Waals surface area contributed by atoms with Crippen LogP contribution in [-0.4, -0.2) is 55.5 Å². The minimum Gasteiger partial charge on any atom is -0.399 e. The first-order valence-electron chi connectivity index (χ1n) is 11.6. The quantitative estimate of drug-likeness (QED) is 0.214. The second-order valence-corrected chi connectivity index (χ2v) is 12.1. The van der Waals surface area contributed by atoms with Crippen molar-refractivity contribution in [3.05, 3.63) is 47.5 Å². The predicted molar refractivity (Wildman–Crippen MR) is 145 cm³/mol. The lowest BCUT2D eigenvalue weighted by Crippen LogP contribution is -2.49. The van der Waals surface area contributed by atoms with Crippen molar-refractivity contribution in [2.75, 3.05) is 60.2 Å². The second-order valence-electron chi connectivity index (χ2n) is 8.45. The van der Waals surface area contributed by atoms with E-state index in [1.54, 1.807) is 0 Å². The van der Waals surface area contributed by atoms with Gasteiger partial charge in [0.25, 0.3) is 0 Å². The molecule has 2 rings (SSSR count). The fraction of sp³-hybridized carbons (Fsp3) is 0.478. The summed E-state index contributed by atoms with van der Waals surface area (Å²) >= 11 is 0. The van der Waals surface area contributed by atoms with E-state index in [-0.39, 0.29) is 13.1 Å². The van der Waals surface area contributed by atoms with Crippen molar-refractivity contribution >= 4 is 42.8 Å². The number of rotatable bonds is 14. The summed E-state index contributed by atoms with van der Waals surface area (Å²) in [5, 5.41) is 3.87. The van der Waals surface area contributed by atoms with E-state index >= 15 is 0 Å². The van der Waals surface area contributed by atoms with E-state index in [0.29, 0.717) is 24.5 Å². The van der Waals surface area contributed by atoms with Crippen LogP contribution in [0.5, 0.6) is 0 Å². The van der Waals surface area contributed by atoms with E-state index < -0.39 is 20.0 Å². The summed E-state index contributed by atoms with van der Waals surface area (Å²) in [6, 6.07) is 11.4. The van der Waals surface area contributed by atoms with Gasteiger partial charge in [0.05, 0.1) is 37.0 Å². The largest absolute Gasteiger partial charge is 0.399 e. The van der Waals surface area contributed by atoms with E-state index in [2.05, 4.69) is 16.4 Å². The van der Waals surface area contributed by atoms with Crippen LogP contribution < -0.4 is 30.9 Å². The first-order valence-corrected chi connectivity index (χ1v) is 15.3. The van der Waals surface area contributed by atoms with Gasteiger partial charge in [0.2, 0.25) is 20.0 Å². The molecule has 0 radical (unpaired) electrons. The van der Waals surface area contributed by atoms with Crippen molar-refractivity contribution in [3.63, 3.8) is 0 Å². The van der Waals surface area contributed by atoms with E-state index in [9.17, 15) is 16.8 Å². The zero-order valence-electron chi connectivity index (χ0n) is 20.9. The maximum Gasteiger partial charge on any atom is 0.208 e. The normalized spacial score (nSPS) is 12.0. The highest BCUT2D eigenvalue weighted by Crippen LogP contribution is 2.28. The highest BCUT2D eigenvalue weighted by molar-refractivity contribution is 7.89. The van der Waals surface area contributed by atoms with Crippen molar-refractivity contribution in [2.24, 2.45) is 0 Å². The third-order valence-corrected chi connectivity index (χ3v) is 6.87. The summed E-state index contributed by atoms with van der Waals surface area (Å²) in [5.41, 5.74) is 17.3. The molecule has 35 heavy (non-hydrogen) atoms. The highest BCUT2D eigenvalue weighted by Gasteiger charge is 2.20. The molecule has 0 saturated heterocycles. The van der Waals surface area contributed by atoms with Gasteiger partial charge in [-0.05, 0) is 60.4 Å². The summed E-state index contributed by atoms with van der Waals surface area (Å²) in [7, 11) is -6.78. The molecule has 12 heteroatoms. The number of benzene rings is 2. The summed E-state index contributed by atoms with van der Waals surface area (Å²) in [5.74, 6) is 0. The maximum atomic E-state index is 11.7. The van der Waals surface area contributed by atoms with Gasteiger partial charge in [-0.2, -0.15) is 0 Å². The van der Waals surface area contributed by atoms with Crippen molar-refractivity contribution in [1.29, 1.82) is 0 Å². The number of nitrogens with zero attached hydrogens (tertiary/aromatic N) is 2. The Kier molecular flexibility index (Phi) is 10.2. The maximum absolute atomic E-state index is 11.7. The lowest BCUT2D eigenvalue weighted by molar-refractivity contribution is 0.579. The molecule has 2 aromatic carbocycles. The Morgan fingerprint density at radius 2 is 1.17 bits per heavy atom. The number of hydrogen-bond donors (Lipinski definition) is 4. The van der Waals surface area contributed by atoms with Crippen LogP contribution in [0.1, 0.15) is 31.4 Å². The fourth-order valence-electron chi connectivity index (χ4n) is 3.75. The highest BCUT2D eigenvalue weighted by atomic mass is 32.2. The number of nitrogens with one attached hydrogen (secondary N) is 2. The van der Waals surface area contributed by atoms with E-state index in [4.69, 9.17) is 11.5 Å². The molecule has 0 aliphatic rings. The molecule has 0 heterocycles. The molecule has 196 valence electrons. The lowest BCUT2D eigenvalue weighted by Gasteiger charge is -2.39. The molecule has 0 atom stereocenters. The Morgan fingerprint density at radius 3 is 1.57 bits per heavy atom. The van der Waals surface area contributed by atoms with Crippen molar-refractivity contribution in [3.8, 4) is 0 Å². The van der Waals surface area contributed by atoms with E-state index in [0.717, 1.165) is 54.3 Å². The van der Waals surface area contributed by atoms with Crippen molar-refractivity contribution in [2.45, 2.75) is 33.1 Å². The first kappa shape index (κ1) is 28.7. The van der Waals surface area contributed by atoms with Gasteiger partial charge in [0.15, 0.2) is 0 Å². The summed E-state index contributed by atoms with van der Waals surface area (Å²) in [6.07, 6.45) is 4.67. The third-order valence-electron chi connectivity index (χ3n) is 5.42. The van der Waals surface area contributed by atoms with Gasteiger partial charge < -0.3 is 11.5 Å². The molecular formula is C23H38N6O4S2. The fourth-order valence-corrected chi connectivity index (χ4v) is 4.67. The molecule has 0 aliphatic heterocycles. The van der Waals surface area contributed by atoms with Crippen LogP contribution in [0.15, 0.2) is 36.4 Å². The summed E-state index contributed by atoms with van der Waals surface area (Å²) in [6.45, 7) is 4.98. The number of hydrazine groups is 1. The number of anilines is 4. The minimum absolute atomic E-state index is 0.150. The monoisotopic (exact) mass is 526 g/mol. The zero-order chi connectivity index (χ0) is 26.2. The van der Waals surface area contributed by atoms with E-state index in [1.165, 1.54) is 0 Å². The Balaban J connectivity index is 2.56. The molecule has 0 spiro atoms. The molecular weight excluding hydrogens is 488 g/mol. The van der Waals surface area contributed by atoms with Crippen LogP contribution in [0.25, 0.3) is 0 Å². The Morgan fingerprint density at radius 1 is 0.743 bits per heavy atom. The number of nitrogens with two attached hydrogens (primary N) is 2. The topological polar surface area (TPSA) is 151 Å². The minimum atomic E-state index is -3.39. The van der Waals surface area contributed by atoms with Gasteiger partial charge in [-0.1, -0.05) is 20.3 Å². The Hall–Kier alpha value is -2.54. The summed E-state index contributed by atoms with van der Waals surface area (Å²) in [4.78, 5) is 0. The number of nitrogen functional groups attached to an aromatic ring is 2. The molecule has 0 aromatic heterocycles. The van der Waals surface area contributed by atoms with Crippen LogP contribution in [0.2, 0.25) is 0 Å². The second kappa shape index (κ2) is 12.4. The summed E-state index contributed by atoms with van der Waals surface area (Å²) < 4.78 is 52.0. The van der Waals surface area contributed by atoms with Crippen LogP contribution in [-0.2, 0) is 32.9 Å². The average Bonchev–Trinajstić information content (AvgIpc) is 2.76. The van der Waals surface area contributed by atoms with Crippen molar-refractivity contribution < 1.29 is 16.8 Å². The molecule has 0 bridgehead atoms. The van der Waals surface area contributed by atoms with Crippen LogP contribution in [0, 0.1) is 0 Å². The molecule has 2 aromatic rings. The predicted octanol–water partition coefficient (Wildman–Crippen LogP) is 1.69. The van der Waals surface area contributed by atoms with Gasteiger partial charge in [-0.15, -0.1) is 0 Å². The number of hydrogen-bond acceptors (Lipinski definition) is 8. The van der Waals surface area contributed by atoms with Crippen LogP contribution >= 0.6 is 0 Å². The zero-order valence-corrected chi connectivity index (χ0v) is 22.5. The van der Waals surface area contributed by atoms with Crippen molar-refractivity contribution in [1.82, 2.24) is 9.44 Å². The molecule has 10 nitrogen and oxygen atoms in total. The SMILES string of the molecule is CCCc1cc(N(CCNS(C)(=O)=O)N(CCNS(C)(=O)=O)c2ccc(N)c(CC)c2)ccc1N. The molecule has 0 fully saturated rings. The van der Waals surface area contributed by atoms with Gasteiger partial charge in [-0.3, -0.25) is 10.0 Å². The van der Waals surface area contributed by atoms with Gasteiger partial charge in [0, 0.05) is 24.5 Å². The Bertz CT molecular complexity index is 1200. The Labute approximate surface area is 209 Å². The number of sulfonamides is 2. The third kappa shape index (κ3) is 9.21. The van der Waals surface area contributed by atoms with Gasteiger partial charge >= 0.3 is 0 Å². The van der Waals surface area contributed by atoms with Gasteiger partial charge in [0.1, 0.15) is 0 Å². The molecule has 0 saturated carbocycles. The first-order chi connectivity index (χ1) is 16.3. The molecule has 0 aliphatic carbocycles. The number of aryl methyl sites for hydroxylation is 2. The van der Waals surface area contributed by atoms with E-state index in [1.807, 2.05) is 53.3 Å². The molecule has 0 unspecified atom stereocenters. The lowest BCUT2D eigenvalue weighted by atomic mass is 10.1. The van der Waals surface area contributed by atoms with Gasteiger partial charge in [-0.25, -0.2) is 26.3 Å².